The maximum Gasteiger partial charge on any atom is 0.335 e. The van der Waals surface area contributed by atoms with E-state index in [2.05, 4.69) is 29.6 Å². The summed E-state index contributed by atoms with van der Waals surface area (Å²) in [5.41, 5.74) is 13.2. The Bertz CT molecular complexity index is 1960. The molecule has 2 aliphatic rings. The second kappa shape index (κ2) is 12.0. The molecule has 1 aliphatic heterocycles. The third-order valence-electron chi connectivity index (χ3n) is 8.89. The fourth-order valence-corrected chi connectivity index (χ4v) is 6.75. The highest BCUT2D eigenvalue weighted by molar-refractivity contribution is 5.96. The van der Waals surface area contributed by atoms with Crippen molar-refractivity contribution in [1.29, 1.82) is 5.41 Å². The SMILES string of the molecule is COc1cc(C2Nc3ccc(C(=N)N)cc3C3c4ccccc4CC23)c(Oc2cccc(C(=O)O)c2)cc1OCc1ccccc1. The van der Waals surface area contributed by atoms with Crippen molar-refractivity contribution in [2.75, 3.05) is 12.4 Å². The number of carboxylic acids is 1. The minimum absolute atomic E-state index is 0.0304. The first kappa shape index (κ1) is 29.0. The van der Waals surface area contributed by atoms with E-state index < -0.39 is 5.97 Å². The van der Waals surface area contributed by atoms with Gasteiger partial charge in [0.15, 0.2) is 11.5 Å². The summed E-state index contributed by atoms with van der Waals surface area (Å²) in [5.74, 6) is 1.14. The first-order chi connectivity index (χ1) is 22.4. The lowest BCUT2D eigenvalue weighted by atomic mass is 9.75. The first-order valence-electron chi connectivity index (χ1n) is 15.1. The van der Waals surface area contributed by atoms with Gasteiger partial charge in [0.05, 0.1) is 18.7 Å². The zero-order valence-corrected chi connectivity index (χ0v) is 25.2. The van der Waals surface area contributed by atoms with Crippen molar-refractivity contribution < 1.29 is 24.1 Å². The van der Waals surface area contributed by atoms with Crippen LogP contribution < -0.4 is 25.3 Å². The lowest BCUT2D eigenvalue weighted by Crippen LogP contribution is -2.31. The predicted octanol–water partition coefficient (Wildman–Crippen LogP) is 7.52. The summed E-state index contributed by atoms with van der Waals surface area (Å²) < 4.78 is 18.7. The number of hydrogen-bond acceptors (Lipinski definition) is 6. The van der Waals surface area contributed by atoms with Crippen LogP contribution in [-0.4, -0.2) is 24.0 Å². The van der Waals surface area contributed by atoms with Crippen LogP contribution in [0.15, 0.2) is 109 Å². The number of aromatic carboxylic acids is 1. The molecule has 0 aromatic heterocycles. The fraction of sp³-hybridized carbons (Fsp3) is 0.158. The van der Waals surface area contributed by atoms with Crippen molar-refractivity contribution in [2.24, 2.45) is 11.7 Å². The fourth-order valence-electron chi connectivity index (χ4n) is 6.75. The van der Waals surface area contributed by atoms with Gasteiger partial charge < -0.3 is 30.4 Å². The summed E-state index contributed by atoms with van der Waals surface area (Å²) in [5, 5.41) is 21.5. The van der Waals surface area contributed by atoms with Gasteiger partial charge in [0, 0.05) is 28.8 Å². The Morgan fingerprint density at radius 1 is 0.848 bits per heavy atom. The summed E-state index contributed by atoms with van der Waals surface area (Å²) >= 11 is 0. The number of fused-ring (bicyclic) bond motifs is 5. The van der Waals surface area contributed by atoms with E-state index >= 15 is 0 Å². The lowest BCUT2D eigenvalue weighted by molar-refractivity contribution is 0.0696. The second-order valence-electron chi connectivity index (χ2n) is 11.6. The van der Waals surface area contributed by atoms with E-state index in [1.54, 1.807) is 19.2 Å². The molecule has 230 valence electrons. The Hall–Kier alpha value is -5.76. The van der Waals surface area contributed by atoms with E-state index in [0.717, 1.165) is 28.8 Å². The molecule has 7 rings (SSSR count). The van der Waals surface area contributed by atoms with Crippen molar-refractivity contribution in [1.82, 2.24) is 0 Å². The number of carboxylic acid groups (broad SMARTS) is 1. The average Bonchev–Trinajstić information content (AvgIpc) is 3.47. The van der Waals surface area contributed by atoms with Crippen LogP contribution in [-0.2, 0) is 13.0 Å². The molecule has 0 spiro atoms. The van der Waals surface area contributed by atoms with Crippen LogP contribution in [0.2, 0.25) is 0 Å². The number of methoxy groups -OCH3 is 1. The van der Waals surface area contributed by atoms with Gasteiger partial charge in [-0.2, -0.15) is 0 Å². The monoisotopic (exact) mass is 611 g/mol. The Labute approximate surface area is 266 Å². The van der Waals surface area contributed by atoms with Crippen molar-refractivity contribution in [3.63, 3.8) is 0 Å². The molecule has 8 heteroatoms. The minimum Gasteiger partial charge on any atom is -0.493 e. The van der Waals surface area contributed by atoms with Crippen molar-refractivity contribution in [3.8, 4) is 23.0 Å². The summed E-state index contributed by atoms with van der Waals surface area (Å²) in [6.45, 7) is 0.331. The summed E-state index contributed by atoms with van der Waals surface area (Å²) in [6, 6.07) is 34.3. The van der Waals surface area contributed by atoms with Gasteiger partial charge in [0.2, 0.25) is 0 Å². The zero-order chi connectivity index (χ0) is 31.8. The standard InChI is InChI=1S/C38H33N3O5/c1-44-33-19-29(32(46-26-12-7-11-25(16-26)38(42)43)20-34(33)45-21-22-8-3-2-4-9-22)36-30-17-23-10-5-6-13-27(23)35(30)28-18-24(37(39)40)14-15-31(28)41-36/h2-16,18-20,30,35-36,41H,17,21H2,1H3,(H3,39,40)(H,42,43). The molecule has 1 aliphatic carbocycles. The van der Waals surface area contributed by atoms with Gasteiger partial charge in [0.1, 0.15) is 23.9 Å². The van der Waals surface area contributed by atoms with Gasteiger partial charge in [0.25, 0.3) is 0 Å². The number of nitrogen functional groups attached to an aromatic ring is 1. The Balaban J connectivity index is 1.36. The number of benzene rings is 5. The van der Waals surface area contributed by atoms with E-state index in [-0.39, 0.29) is 29.3 Å². The molecule has 0 bridgehead atoms. The molecule has 5 aromatic carbocycles. The van der Waals surface area contributed by atoms with Crippen LogP contribution in [0.25, 0.3) is 0 Å². The highest BCUT2D eigenvalue weighted by Gasteiger charge is 2.44. The molecule has 5 N–H and O–H groups in total. The number of carbonyl (C=O) groups is 1. The Morgan fingerprint density at radius 3 is 2.43 bits per heavy atom. The largest absolute Gasteiger partial charge is 0.493 e. The first-order valence-corrected chi connectivity index (χ1v) is 15.1. The summed E-state index contributed by atoms with van der Waals surface area (Å²) in [4.78, 5) is 11.8. The number of nitrogens with two attached hydrogens (primary N) is 1. The number of amidine groups is 1. The third kappa shape index (κ3) is 5.38. The van der Waals surface area contributed by atoms with Gasteiger partial charge in [-0.05, 0) is 77.1 Å². The molecule has 3 atom stereocenters. The number of anilines is 1. The molecule has 8 nitrogen and oxygen atoms in total. The maximum atomic E-state index is 11.8. The van der Waals surface area contributed by atoms with E-state index in [4.69, 9.17) is 25.4 Å². The average molecular weight is 612 g/mol. The van der Waals surface area contributed by atoms with Gasteiger partial charge in [-0.25, -0.2) is 4.79 Å². The van der Waals surface area contributed by atoms with Crippen LogP contribution in [0, 0.1) is 11.3 Å². The topological polar surface area (TPSA) is 127 Å². The van der Waals surface area contributed by atoms with E-state index in [9.17, 15) is 9.90 Å². The van der Waals surface area contributed by atoms with E-state index in [1.807, 2.05) is 60.7 Å². The Morgan fingerprint density at radius 2 is 1.65 bits per heavy atom. The van der Waals surface area contributed by atoms with E-state index in [0.29, 0.717) is 35.2 Å². The number of hydrogen-bond donors (Lipinski definition) is 4. The highest BCUT2D eigenvalue weighted by Crippen LogP contribution is 2.56. The molecular weight excluding hydrogens is 578 g/mol. The van der Waals surface area contributed by atoms with Crippen molar-refractivity contribution in [3.05, 3.63) is 148 Å². The molecule has 1 heterocycles. The van der Waals surface area contributed by atoms with Gasteiger partial charge in [-0.15, -0.1) is 0 Å². The lowest BCUT2D eigenvalue weighted by Gasteiger charge is -2.39. The molecule has 0 amide bonds. The van der Waals surface area contributed by atoms with Crippen LogP contribution in [0.3, 0.4) is 0 Å². The van der Waals surface area contributed by atoms with Crippen LogP contribution in [0.1, 0.15) is 55.7 Å². The third-order valence-corrected chi connectivity index (χ3v) is 8.89. The number of ether oxygens (including phenoxy) is 3. The van der Waals surface area contributed by atoms with Gasteiger partial charge in [-0.1, -0.05) is 60.7 Å². The van der Waals surface area contributed by atoms with Crippen molar-refractivity contribution >= 4 is 17.5 Å². The molecule has 0 saturated heterocycles. The highest BCUT2D eigenvalue weighted by atomic mass is 16.5. The quantitative estimate of drug-likeness (QED) is 0.100. The number of rotatable bonds is 9. The molecule has 0 saturated carbocycles. The van der Waals surface area contributed by atoms with Gasteiger partial charge in [-0.3, -0.25) is 5.41 Å². The van der Waals surface area contributed by atoms with Crippen LogP contribution >= 0.6 is 0 Å². The van der Waals surface area contributed by atoms with Crippen molar-refractivity contribution in [2.45, 2.75) is 25.0 Å². The molecule has 0 radical (unpaired) electrons. The zero-order valence-electron chi connectivity index (χ0n) is 25.2. The number of nitrogens with one attached hydrogen (secondary N) is 2. The normalized spacial score (nSPS) is 17.5. The van der Waals surface area contributed by atoms with Crippen LogP contribution in [0.4, 0.5) is 5.69 Å². The second-order valence-corrected chi connectivity index (χ2v) is 11.6. The maximum absolute atomic E-state index is 11.8. The van der Waals surface area contributed by atoms with E-state index in [1.165, 1.54) is 23.3 Å². The van der Waals surface area contributed by atoms with Gasteiger partial charge >= 0.3 is 5.97 Å². The molecule has 3 unspecified atom stereocenters. The molecule has 46 heavy (non-hydrogen) atoms. The smallest absolute Gasteiger partial charge is 0.335 e. The summed E-state index contributed by atoms with van der Waals surface area (Å²) in [6.07, 6.45) is 0.824. The summed E-state index contributed by atoms with van der Waals surface area (Å²) in [7, 11) is 1.62. The predicted molar refractivity (Wildman–Crippen MR) is 177 cm³/mol. The Kier molecular flexibility index (Phi) is 7.54. The molecular formula is C38H33N3O5. The van der Waals surface area contributed by atoms with Crippen LogP contribution in [0.5, 0.6) is 23.0 Å². The minimum atomic E-state index is -1.03. The molecule has 0 fully saturated rings. The molecule has 5 aromatic rings.